The second kappa shape index (κ2) is 8.48. The van der Waals surface area contributed by atoms with Crippen LogP contribution in [0.5, 0.6) is 5.75 Å². The molecule has 0 aliphatic carbocycles. The molecular weight excluding hydrogens is 328 g/mol. The maximum Gasteiger partial charge on any atom is 0.226 e. The highest BCUT2D eigenvalue weighted by Crippen LogP contribution is 2.23. The molecule has 134 valence electrons. The number of carbonyl (C=O) groups excluding carboxylic acids is 1. The van der Waals surface area contributed by atoms with Crippen molar-refractivity contribution in [2.75, 3.05) is 26.0 Å². The van der Waals surface area contributed by atoms with Crippen LogP contribution < -0.4 is 9.46 Å². The molecule has 1 aromatic carbocycles. The molecule has 2 unspecified atom stereocenters. The van der Waals surface area contributed by atoms with E-state index in [0.29, 0.717) is 26.1 Å². The van der Waals surface area contributed by atoms with Crippen LogP contribution in [-0.2, 0) is 14.8 Å². The molecule has 1 aliphatic heterocycles. The lowest BCUT2D eigenvalue weighted by molar-refractivity contribution is -0.130. The van der Waals surface area contributed by atoms with Crippen LogP contribution in [0, 0.1) is 5.92 Å². The molecule has 24 heavy (non-hydrogen) atoms. The molecule has 0 bridgehead atoms. The lowest BCUT2D eigenvalue weighted by atomic mass is 9.99. The fourth-order valence-electron chi connectivity index (χ4n) is 3.08. The summed E-state index contributed by atoms with van der Waals surface area (Å²) in [6.07, 6.45) is 3.32. The number of rotatable bonds is 8. The standard InChI is InChI=1S/C17H26N2O4S/c1-3-7-14-12-19(13-16(14)18-24(2,21)22)17(20)10-11-23-15-8-5-4-6-9-15/h4-6,8-9,14,16,18H,3,7,10-13H2,1-2H3. The van der Waals surface area contributed by atoms with Gasteiger partial charge in [0.05, 0.1) is 19.3 Å². The molecule has 1 aromatic rings. The number of ether oxygens (including phenoxy) is 1. The SMILES string of the molecule is CCCC1CN(C(=O)CCOc2ccccc2)CC1NS(C)(=O)=O. The molecule has 1 aliphatic rings. The first-order valence-electron chi connectivity index (χ1n) is 8.32. The Hall–Kier alpha value is -1.60. The van der Waals surface area contributed by atoms with Crippen LogP contribution in [0.15, 0.2) is 30.3 Å². The van der Waals surface area contributed by atoms with E-state index in [1.165, 1.54) is 0 Å². The predicted octanol–water partition coefficient (Wildman–Crippen LogP) is 1.63. The summed E-state index contributed by atoms with van der Waals surface area (Å²) in [6, 6.07) is 9.18. The largest absolute Gasteiger partial charge is 0.493 e. The second-order valence-corrected chi connectivity index (χ2v) is 8.04. The van der Waals surface area contributed by atoms with Gasteiger partial charge < -0.3 is 9.64 Å². The molecular formula is C17H26N2O4S. The first-order chi connectivity index (χ1) is 11.4. The van der Waals surface area contributed by atoms with Crippen molar-refractivity contribution in [1.29, 1.82) is 0 Å². The Bertz CT molecular complexity index is 633. The summed E-state index contributed by atoms with van der Waals surface area (Å²) in [5.41, 5.74) is 0. The van der Waals surface area contributed by atoms with Gasteiger partial charge in [0.25, 0.3) is 0 Å². The summed E-state index contributed by atoms with van der Waals surface area (Å²) in [6.45, 7) is 3.42. The molecule has 1 N–H and O–H groups in total. The summed E-state index contributed by atoms with van der Waals surface area (Å²) in [4.78, 5) is 14.1. The number of hydrogen-bond donors (Lipinski definition) is 1. The molecule has 1 saturated heterocycles. The average molecular weight is 354 g/mol. The Morgan fingerprint density at radius 2 is 2.00 bits per heavy atom. The van der Waals surface area contributed by atoms with E-state index in [0.717, 1.165) is 24.8 Å². The smallest absolute Gasteiger partial charge is 0.226 e. The highest BCUT2D eigenvalue weighted by atomic mass is 32.2. The Kier molecular flexibility index (Phi) is 6.62. The second-order valence-electron chi connectivity index (χ2n) is 6.26. The van der Waals surface area contributed by atoms with E-state index in [-0.39, 0.29) is 17.9 Å². The van der Waals surface area contributed by atoms with Gasteiger partial charge in [-0.05, 0) is 24.5 Å². The molecule has 0 aromatic heterocycles. The molecule has 2 atom stereocenters. The lowest BCUT2D eigenvalue weighted by Crippen LogP contribution is -2.40. The molecule has 6 nitrogen and oxygen atoms in total. The van der Waals surface area contributed by atoms with Gasteiger partial charge in [0.15, 0.2) is 0 Å². The molecule has 1 heterocycles. The van der Waals surface area contributed by atoms with Crippen molar-refractivity contribution < 1.29 is 17.9 Å². The fraction of sp³-hybridized carbons (Fsp3) is 0.588. The summed E-state index contributed by atoms with van der Waals surface area (Å²) in [5.74, 6) is 0.917. The van der Waals surface area contributed by atoms with Gasteiger partial charge in [-0.1, -0.05) is 31.5 Å². The Morgan fingerprint density at radius 3 is 2.62 bits per heavy atom. The molecule has 1 fully saturated rings. The minimum atomic E-state index is -3.27. The number of para-hydroxylation sites is 1. The van der Waals surface area contributed by atoms with Crippen molar-refractivity contribution in [2.45, 2.75) is 32.2 Å². The molecule has 7 heteroatoms. The van der Waals surface area contributed by atoms with E-state index in [4.69, 9.17) is 4.74 Å². The van der Waals surface area contributed by atoms with E-state index < -0.39 is 10.0 Å². The van der Waals surface area contributed by atoms with Crippen molar-refractivity contribution >= 4 is 15.9 Å². The van der Waals surface area contributed by atoms with Crippen LogP contribution in [0.1, 0.15) is 26.2 Å². The highest BCUT2D eigenvalue weighted by Gasteiger charge is 2.35. The van der Waals surface area contributed by atoms with Crippen molar-refractivity contribution in [3.63, 3.8) is 0 Å². The average Bonchev–Trinajstić information content (AvgIpc) is 2.90. The molecule has 2 rings (SSSR count). The van der Waals surface area contributed by atoms with Crippen molar-refractivity contribution in [2.24, 2.45) is 5.92 Å². The van der Waals surface area contributed by atoms with Crippen LogP contribution in [0.3, 0.4) is 0 Å². The van der Waals surface area contributed by atoms with Gasteiger partial charge in [-0.2, -0.15) is 0 Å². The van der Waals surface area contributed by atoms with E-state index in [1.807, 2.05) is 30.3 Å². The van der Waals surface area contributed by atoms with Gasteiger partial charge >= 0.3 is 0 Å². The Balaban J connectivity index is 1.85. The Morgan fingerprint density at radius 1 is 1.29 bits per heavy atom. The third kappa shape index (κ3) is 5.79. The maximum atomic E-state index is 12.4. The van der Waals surface area contributed by atoms with Crippen LogP contribution in [-0.4, -0.2) is 51.2 Å². The number of carbonyl (C=O) groups is 1. The Labute approximate surface area is 144 Å². The normalized spacial score (nSPS) is 21.0. The molecule has 0 radical (unpaired) electrons. The first-order valence-corrected chi connectivity index (χ1v) is 10.2. The first kappa shape index (κ1) is 18.7. The van der Waals surface area contributed by atoms with E-state index >= 15 is 0 Å². The van der Waals surface area contributed by atoms with Gasteiger partial charge in [-0.25, -0.2) is 13.1 Å². The summed E-state index contributed by atoms with van der Waals surface area (Å²) in [5, 5.41) is 0. The lowest BCUT2D eigenvalue weighted by Gasteiger charge is -2.17. The van der Waals surface area contributed by atoms with Crippen molar-refractivity contribution in [1.82, 2.24) is 9.62 Å². The van der Waals surface area contributed by atoms with Gasteiger partial charge in [0.1, 0.15) is 5.75 Å². The zero-order valence-electron chi connectivity index (χ0n) is 14.3. The van der Waals surface area contributed by atoms with Crippen LogP contribution in [0.4, 0.5) is 0 Å². The van der Waals surface area contributed by atoms with Crippen LogP contribution >= 0.6 is 0 Å². The number of hydrogen-bond acceptors (Lipinski definition) is 4. The monoisotopic (exact) mass is 354 g/mol. The van der Waals surface area contributed by atoms with Gasteiger partial charge in [-0.15, -0.1) is 0 Å². The van der Waals surface area contributed by atoms with Crippen molar-refractivity contribution in [3.8, 4) is 5.75 Å². The summed E-state index contributed by atoms with van der Waals surface area (Å²) < 4.78 is 31.2. The number of nitrogens with one attached hydrogen (secondary N) is 1. The zero-order valence-corrected chi connectivity index (χ0v) is 15.1. The number of likely N-dealkylation sites (tertiary alicyclic amines) is 1. The third-order valence-electron chi connectivity index (χ3n) is 4.15. The quantitative estimate of drug-likeness (QED) is 0.770. The molecule has 0 spiro atoms. The third-order valence-corrected chi connectivity index (χ3v) is 4.88. The molecule has 0 saturated carbocycles. The van der Waals surface area contributed by atoms with Crippen molar-refractivity contribution in [3.05, 3.63) is 30.3 Å². The van der Waals surface area contributed by atoms with Gasteiger partial charge in [-0.3, -0.25) is 4.79 Å². The molecule has 1 amide bonds. The number of amides is 1. The number of benzene rings is 1. The van der Waals surface area contributed by atoms with Crippen LogP contribution in [0.25, 0.3) is 0 Å². The summed E-state index contributed by atoms with van der Waals surface area (Å²) in [7, 11) is -3.27. The van der Waals surface area contributed by atoms with Gasteiger partial charge in [0, 0.05) is 19.1 Å². The minimum absolute atomic E-state index is 0.00448. The number of sulfonamides is 1. The topological polar surface area (TPSA) is 75.7 Å². The van der Waals surface area contributed by atoms with Crippen LogP contribution in [0.2, 0.25) is 0 Å². The maximum absolute atomic E-state index is 12.4. The summed E-state index contributed by atoms with van der Waals surface area (Å²) >= 11 is 0. The minimum Gasteiger partial charge on any atom is -0.493 e. The number of nitrogens with zero attached hydrogens (tertiary/aromatic N) is 1. The predicted molar refractivity (Wildman–Crippen MR) is 93.3 cm³/mol. The zero-order chi connectivity index (χ0) is 17.6. The van der Waals surface area contributed by atoms with E-state index in [9.17, 15) is 13.2 Å². The highest BCUT2D eigenvalue weighted by molar-refractivity contribution is 7.88. The fourth-order valence-corrected chi connectivity index (χ4v) is 3.89. The van der Waals surface area contributed by atoms with Gasteiger partial charge in [0.2, 0.25) is 15.9 Å². The van der Waals surface area contributed by atoms with E-state index in [1.54, 1.807) is 4.90 Å². The van der Waals surface area contributed by atoms with E-state index in [2.05, 4.69) is 11.6 Å².